The summed E-state index contributed by atoms with van der Waals surface area (Å²) in [5.74, 6) is 0. The zero-order valence-corrected chi connectivity index (χ0v) is 7.98. The largest absolute Gasteiger partial charge is 0.371 e. The van der Waals surface area contributed by atoms with Gasteiger partial charge in [0.1, 0.15) is 0 Å². The molecule has 1 saturated heterocycles. The number of rotatable bonds is 3. The highest BCUT2D eigenvalue weighted by Gasteiger charge is 2.33. The van der Waals surface area contributed by atoms with Gasteiger partial charge in [-0.15, -0.1) is 0 Å². The van der Waals surface area contributed by atoms with Crippen LogP contribution in [0.4, 0.5) is 0 Å². The summed E-state index contributed by atoms with van der Waals surface area (Å²) in [6.07, 6.45) is 1.64. The molecule has 2 atom stereocenters. The molecule has 0 spiro atoms. The predicted molar refractivity (Wildman–Crippen MR) is 46.7 cm³/mol. The van der Waals surface area contributed by atoms with E-state index >= 15 is 0 Å². The first kappa shape index (κ1) is 9.01. The number of epoxide rings is 1. The first-order chi connectivity index (χ1) is 5.03. The van der Waals surface area contributed by atoms with Gasteiger partial charge in [0.15, 0.2) is 0 Å². The van der Waals surface area contributed by atoms with Gasteiger partial charge in [-0.25, -0.2) is 0 Å². The molecule has 1 aliphatic rings. The molecule has 0 aliphatic carbocycles. The molecule has 0 bridgehead atoms. The van der Waals surface area contributed by atoms with Crippen LogP contribution in [0.2, 0.25) is 0 Å². The lowest BCUT2D eigenvalue weighted by atomic mass is 10.0. The molecule has 1 fully saturated rings. The molecule has 0 aromatic heterocycles. The van der Waals surface area contributed by atoms with Crippen LogP contribution in [0.5, 0.6) is 0 Å². The average Bonchev–Trinajstić information content (AvgIpc) is 2.61. The van der Waals surface area contributed by atoms with Crippen LogP contribution in [0.3, 0.4) is 0 Å². The Balaban J connectivity index is 2.31. The third-order valence-electron chi connectivity index (χ3n) is 1.87. The zero-order chi connectivity index (χ0) is 8.48. The minimum absolute atomic E-state index is 0.215. The topological polar surface area (TPSA) is 24.6 Å². The molecule has 1 N–H and O–H groups in total. The van der Waals surface area contributed by atoms with Crippen molar-refractivity contribution in [2.45, 2.75) is 51.8 Å². The van der Waals surface area contributed by atoms with Gasteiger partial charge in [-0.3, -0.25) is 0 Å². The molecule has 2 nitrogen and oxygen atoms in total. The summed E-state index contributed by atoms with van der Waals surface area (Å²) in [7, 11) is 0. The monoisotopic (exact) mass is 157 g/mol. The van der Waals surface area contributed by atoms with Gasteiger partial charge >= 0.3 is 0 Å². The fourth-order valence-corrected chi connectivity index (χ4v) is 1.30. The number of ether oxygens (including phenoxy) is 1. The minimum atomic E-state index is 0.215. The van der Waals surface area contributed by atoms with Crippen molar-refractivity contribution in [1.29, 1.82) is 0 Å². The Bertz CT molecular complexity index is 124. The first-order valence-corrected chi connectivity index (χ1v) is 4.42. The Morgan fingerprint density at radius 1 is 1.55 bits per heavy atom. The Morgan fingerprint density at radius 2 is 2.09 bits per heavy atom. The second-order valence-corrected chi connectivity index (χ2v) is 4.28. The van der Waals surface area contributed by atoms with Crippen molar-refractivity contribution in [1.82, 2.24) is 5.32 Å². The summed E-state index contributed by atoms with van der Waals surface area (Å²) >= 11 is 0. The zero-order valence-electron chi connectivity index (χ0n) is 7.98. The summed E-state index contributed by atoms with van der Waals surface area (Å²) in [5.41, 5.74) is 0.215. The molecule has 0 saturated carbocycles. The molecule has 0 amide bonds. The van der Waals surface area contributed by atoms with Crippen LogP contribution in [-0.4, -0.2) is 24.3 Å². The first-order valence-electron chi connectivity index (χ1n) is 4.42. The van der Waals surface area contributed by atoms with E-state index in [1.165, 1.54) is 0 Å². The quantitative estimate of drug-likeness (QED) is 0.629. The summed E-state index contributed by atoms with van der Waals surface area (Å²) in [6.45, 7) is 9.72. The fraction of sp³-hybridized carbons (Fsp3) is 1.00. The van der Waals surface area contributed by atoms with Gasteiger partial charge in [0.2, 0.25) is 0 Å². The number of hydrogen-bond donors (Lipinski definition) is 1. The van der Waals surface area contributed by atoms with Gasteiger partial charge < -0.3 is 10.1 Å². The van der Waals surface area contributed by atoms with E-state index in [1.54, 1.807) is 0 Å². The highest BCUT2D eigenvalue weighted by Crippen LogP contribution is 2.18. The van der Waals surface area contributed by atoms with Crippen LogP contribution in [0.1, 0.15) is 34.1 Å². The summed E-state index contributed by atoms with van der Waals surface area (Å²) in [6, 6.07) is 0.551. The maximum Gasteiger partial charge on any atom is 0.0962 e. The van der Waals surface area contributed by atoms with Gasteiger partial charge in [-0.05, 0) is 27.2 Å². The van der Waals surface area contributed by atoms with Gasteiger partial charge in [0.05, 0.1) is 12.7 Å². The van der Waals surface area contributed by atoms with Crippen molar-refractivity contribution in [3.8, 4) is 0 Å². The highest BCUT2D eigenvalue weighted by atomic mass is 16.6. The lowest BCUT2D eigenvalue weighted by molar-refractivity contribution is 0.283. The molecule has 1 rings (SSSR count). The molecule has 0 radical (unpaired) electrons. The molecule has 66 valence electrons. The number of hydrogen-bond acceptors (Lipinski definition) is 2. The average molecular weight is 157 g/mol. The van der Waals surface area contributed by atoms with Crippen LogP contribution in [0.25, 0.3) is 0 Å². The molecular formula is C9H19NO. The van der Waals surface area contributed by atoms with E-state index in [1.807, 2.05) is 0 Å². The minimum Gasteiger partial charge on any atom is -0.371 e. The molecule has 0 aromatic rings. The second-order valence-electron chi connectivity index (χ2n) is 4.28. The molecule has 1 heterocycles. The third-order valence-corrected chi connectivity index (χ3v) is 1.87. The van der Waals surface area contributed by atoms with E-state index in [4.69, 9.17) is 4.74 Å². The van der Waals surface area contributed by atoms with E-state index < -0.39 is 0 Å². The summed E-state index contributed by atoms with van der Waals surface area (Å²) in [4.78, 5) is 0. The van der Waals surface area contributed by atoms with Crippen molar-refractivity contribution < 1.29 is 4.74 Å². The smallest absolute Gasteiger partial charge is 0.0962 e. The maximum absolute atomic E-state index is 5.24. The van der Waals surface area contributed by atoms with Gasteiger partial charge in [0, 0.05) is 11.6 Å². The Kier molecular flexibility index (Phi) is 2.55. The van der Waals surface area contributed by atoms with Crippen LogP contribution in [-0.2, 0) is 4.74 Å². The van der Waals surface area contributed by atoms with E-state index in [0.29, 0.717) is 12.1 Å². The standard InChI is InChI=1S/C9H19NO/c1-5-7(8-6-11-8)10-9(2,3)4/h7-8,10H,5-6H2,1-4H3. The van der Waals surface area contributed by atoms with E-state index in [0.717, 1.165) is 13.0 Å². The van der Waals surface area contributed by atoms with Crippen LogP contribution in [0.15, 0.2) is 0 Å². The SMILES string of the molecule is CCC(NC(C)(C)C)C1CO1. The van der Waals surface area contributed by atoms with Crippen molar-refractivity contribution in [3.63, 3.8) is 0 Å². The Hall–Kier alpha value is -0.0800. The Labute approximate surface area is 69.3 Å². The predicted octanol–water partition coefficient (Wildman–Crippen LogP) is 1.55. The fourth-order valence-electron chi connectivity index (χ4n) is 1.30. The number of nitrogens with one attached hydrogen (secondary N) is 1. The molecule has 2 unspecified atom stereocenters. The third kappa shape index (κ3) is 3.21. The summed E-state index contributed by atoms with van der Waals surface area (Å²) < 4.78 is 5.24. The van der Waals surface area contributed by atoms with Crippen LogP contribution < -0.4 is 5.32 Å². The molecule has 0 aromatic carbocycles. The Morgan fingerprint density at radius 3 is 2.36 bits per heavy atom. The van der Waals surface area contributed by atoms with E-state index in [-0.39, 0.29) is 5.54 Å². The van der Waals surface area contributed by atoms with Crippen molar-refractivity contribution >= 4 is 0 Å². The molecule has 1 aliphatic heterocycles. The molecular weight excluding hydrogens is 138 g/mol. The van der Waals surface area contributed by atoms with Crippen molar-refractivity contribution in [3.05, 3.63) is 0 Å². The van der Waals surface area contributed by atoms with Gasteiger partial charge in [0.25, 0.3) is 0 Å². The lowest BCUT2D eigenvalue weighted by Crippen LogP contribution is -2.46. The second kappa shape index (κ2) is 3.11. The van der Waals surface area contributed by atoms with Crippen LogP contribution in [0, 0.1) is 0 Å². The van der Waals surface area contributed by atoms with Crippen molar-refractivity contribution in [2.75, 3.05) is 6.61 Å². The van der Waals surface area contributed by atoms with Crippen LogP contribution >= 0.6 is 0 Å². The van der Waals surface area contributed by atoms with E-state index in [2.05, 4.69) is 33.0 Å². The van der Waals surface area contributed by atoms with E-state index in [9.17, 15) is 0 Å². The highest BCUT2D eigenvalue weighted by molar-refractivity contribution is 4.88. The summed E-state index contributed by atoms with van der Waals surface area (Å²) in [5, 5.41) is 3.54. The van der Waals surface area contributed by atoms with Crippen molar-refractivity contribution in [2.24, 2.45) is 0 Å². The molecule has 2 heteroatoms. The van der Waals surface area contributed by atoms with Gasteiger partial charge in [-0.2, -0.15) is 0 Å². The molecule has 11 heavy (non-hydrogen) atoms. The lowest BCUT2D eigenvalue weighted by Gasteiger charge is -2.26. The normalized spacial score (nSPS) is 26.7. The van der Waals surface area contributed by atoms with Gasteiger partial charge in [-0.1, -0.05) is 6.92 Å². The maximum atomic E-state index is 5.24.